The van der Waals surface area contributed by atoms with Crippen LogP contribution in [0.2, 0.25) is 0 Å². The van der Waals surface area contributed by atoms with Gasteiger partial charge in [-0.25, -0.2) is 0 Å². The van der Waals surface area contributed by atoms with Gasteiger partial charge >= 0.3 is 6.18 Å². The van der Waals surface area contributed by atoms with E-state index in [0.717, 1.165) is 0 Å². The van der Waals surface area contributed by atoms with Crippen LogP contribution in [0.1, 0.15) is 12.8 Å². The number of alkyl halides is 3. The maximum absolute atomic E-state index is 12.1. The number of rotatable bonds is 4. The van der Waals surface area contributed by atoms with E-state index in [1.807, 2.05) is 0 Å². The topological polar surface area (TPSA) is 56.0 Å². The van der Waals surface area contributed by atoms with Gasteiger partial charge < -0.3 is 10.4 Å². The molecule has 3 nitrogen and oxygen atoms in total. The lowest BCUT2D eigenvalue weighted by molar-refractivity contribution is -0.158. The maximum atomic E-state index is 12.1. The monoisotopic (exact) mass is 208 g/mol. The zero-order chi connectivity index (χ0) is 10.8. The molecule has 1 aliphatic rings. The molecule has 1 unspecified atom stereocenters. The highest BCUT2D eigenvalue weighted by Gasteiger charge is 2.45. The summed E-state index contributed by atoms with van der Waals surface area (Å²) in [5, 5.41) is 19.7. The zero-order valence-electron chi connectivity index (χ0n) is 7.43. The van der Waals surface area contributed by atoms with Crippen molar-refractivity contribution in [3.63, 3.8) is 0 Å². The van der Waals surface area contributed by atoms with Gasteiger partial charge in [0, 0.05) is 12.1 Å². The molecular formula is C8H11F3N2O. The van der Waals surface area contributed by atoms with Crippen LogP contribution in [0.5, 0.6) is 0 Å². The van der Waals surface area contributed by atoms with Gasteiger partial charge in [-0.3, -0.25) is 0 Å². The van der Waals surface area contributed by atoms with Crippen LogP contribution in [0.4, 0.5) is 13.2 Å². The summed E-state index contributed by atoms with van der Waals surface area (Å²) in [5.74, 6) is -1.99. The summed E-state index contributed by atoms with van der Waals surface area (Å²) >= 11 is 0. The fourth-order valence-corrected chi connectivity index (χ4v) is 1.09. The fourth-order valence-electron chi connectivity index (χ4n) is 1.09. The Hall–Kier alpha value is -0.800. The lowest BCUT2D eigenvalue weighted by Crippen LogP contribution is -2.41. The Morgan fingerprint density at radius 3 is 2.36 bits per heavy atom. The van der Waals surface area contributed by atoms with E-state index < -0.39 is 24.2 Å². The Balaban J connectivity index is 2.40. The number of nitriles is 1. The SMILES string of the molecule is N#CC(CNC1(CO)CC1)C(F)(F)F. The average Bonchev–Trinajstić information content (AvgIpc) is 2.84. The predicted molar refractivity (Wildman–Crippen MR) is 42.2 cm³/mol. The van der Waals surface area contributed by atoms with Crippen molar-refractivity contribution >= 4 is 0 Å². The van der Waals surface area contributed by atoms with E-state index in [-0.39, 0.29) is 6.61 Å². The van der Waals surface area contributed by atoms with Crippen LogP contribution in [-0.2, 0) is 0 Å². The van der Waals surface area contributed by atoms with E-state index in [4.69, 9.17) is 10.4 Å². The van der Waals surface area contributed by atoms with Crippen LogP contribution in [0, 0.1) is 17.2 Å². The van der Waals surface area contributed by atoms with Crippen LogP contribution < -0.4 is 5.32 Å². The molecule has 0 bridgehead atoms. The van der Waals surface area contributed by atoms with E-state index in [9.17, 15) is 13.2 Å². The van der Waals surface area contributed by atoms with Crippen LogP contribution in [0.15, 0.2) is 0 Å². The van der Waals surface area contributed by atoms with Crippen molar-refractivity contribution < 1.29 is 18.3 Å². The minimum Gasteiger partial charge on any atom is -0.394 e. The highest BCUT2D eigenvalue weighted by atomic mass is 19.4. The first kappa shape index (κ1) is 11.3. The number of nitrogens with zero attached hydrogens (tertiary/aromatic N) is 1. The predicted octanol–water partition coefficient (Wildman–Crippen LogP) is 0.803. The highest BCUT2D eigenvalue weighted by Crippen LogP contribution is 2.35. The molecule has 0 aromatic carbocycles. The molecule has 14 heavy (non-hydrogen) atoms. The number of aliphatic hydroxyl groups is 1. The first-order valence-corrected chi connectivity index (χ1v) is 4.26. The molecule has 0 radical (unpaired) electrons. The third kappa shape index (κ3) is 2.59. The second kappa shape index (κ2) is 3.75. The van der Waals surface area contributed by atoms with Gasteiger partial charge in [0.25, 0.3) is 0 Å². The normalized spacial score (nSPS) is 21.4. The summed E-state index contributed by atoms with van der Waals surface area (Å²) in [7, 11) is 0. The lowest BCUT2D eigenvalue weighted by atomic mass is 10.1. The number of hydrogen-bond donors (Lipinski definition) is 2. The smallest absolute Gasteiger partial charge is 0.394 e. The van der Waals surface area contributed by atoms with Crippen LogP contribution in [0.25, 0.3) is 0 Å². The quantitative estimate of drug-likeness (QED) is 0.718. The minimum absolute atomic E-state index is 0.178. The van der Waals surface area contributed by atoms with Crippen molar-refractivity contribution in [1.82, 2.24) is 5.32 Å². The van der Waals surface area contributed by atoms with E-state index in [1.54, 1.807) is 0 Å². The van der Waals surface area contributed by atoms with Crippen LogP contribution >= 0.6 is 0 Å². The summed E-state index contributed by atoms with van der Waals surface area (Å²) in [6.07, 6.45) is -3.16. The van der Waals surface area contributed by atoms with Gasteiger partial charge in [-0.05, 0) is 12.8 Å². The Morgan fingerprint density at radius 1 is 1.50 bits per heavy atom. The molecule has 1 atom stereocenters. The van der Waals surface area contributed by atoms with Gasteiger partial charge in [-0.15, -0.1) is 0 Å². The van der Waals surface area contributed by atoms with Gasteiger partial charge in [0.1, 0.15) is 0 Å². The van der Waals surface area contributed by atoms with Crippen molar-refractivity contribution in [3.05, 3.63) is 0 Å². The second-order valence-electron chi connectivity index (χ2n) is 3.54. The fraction of sp³-hybridized carbons (Fsp3) is 0.875. The second-order valence-corrected chi connectivity index (χ2v) is 3.54. The molecule has 0 saturated heterocycles. The van der Waals surface area contributed by atoms with E-state index in [1.165, 1.54) is 6.07 Å². The molecule has 80 valence electrons. The molecule has 6 heteroatoms. The van der Waals surface area contributed by atoms with Crippen LogP contribution in [0.3, 0.4) is 0 Å². The number of hydrogen-bond acceptors (Lipinski definition) is 3. The highest BCUT2D eigenvalue weighted by molar-refractivity contribution is 5.03. The minimum atomic E-state index is -4.49. The zero-order valence-corrected chi connectivity index (χ0v) is 7.43. The molecular weight excluding hydrogens is 197 g/mol. The largest absolute Gasteiger partial charge is 0.405 e. The molecule has 0 spiro atoms. The molecule has 1 fully saturated rings. The third-order valence-electron chi connectivity index (χ3n) is 2.39. The third-order valence-corrected chi connectivity index (χ3v) is 2.39. The Bertz CT molecular complexity index is 242. The van der Waals surface area contributed by atoms with Gasteiger partial charge in [-0.1, -0.05) is 0 Å². The first-order chi connectivity index (χ1) is 6.43. The average molecular weight is 208 g/mol. The van der Waals surface area contributed by atoms with Gasteiger partial charge in [0.2, 0.25) is 0 Å². The van der Waals surface area contributed by atoms with Crippen molar-refractivity contribution in [1.29, 1.82) is 5.26 Å². The van der Waals surface area contributed by atoms with Gasteiger partial charge in [0.05, 0.1) is 12.7 Å². The molecule has 0 aromatic heterocycles. The lowest BCUT2D eigenvalue weighted by Gasteiger charge is -2.18. The summed E-state index contributed by atoms with van der Waals surface area (Å²) in [6.45, 7) is -0.621. The van der Waals surface area contributed by atoms with E-state index in [0.29, 0.717) is 12.8 Å². The summed E-state index contributed by atoms with van der Waals surface area (Å²) in [6, 6.07) is 1.20. The maximum Gasteiger partial charge on any atom is 0.405 e. The first-order valence-electron chi connectivity index (χ1n) is 4.26. The summed E-state index contributed by atoms with van der Waals surface area (Å²) < 4.78 is 36.3. The molecule has 1 saturated carbocycles. The summed E-state index contributed by atoms with van der Waals surface area (Å²) in [4.78, 5) is 0. The number of aliphatic hydroxyl groups excluding tert-OH is 1. The van der Waals surface area contributed by atoms with Crippen molar-refractivity contribution in [2.45, 2.75) is 24.6 Å². The molecule has 0 aromatic rings. The van der Waals surface area contributed by atoms with Gasteiger partial charge in [0.15, 0.2) is 5.92 Å². The molecule has 0 amide bonds. The van der Waals surface area contributed by atoms with E-state index >= 15 is 0 Å². The Morgan fingerprint density at radius 2 is 2.07 bits per heavy atom. The molecule has 2 N–H and O–H groups in total. The number of nitrogens with one attached hydrogen (secondary N) is 1. The molecule has 0 heterocycles. The Kier molecular flexibility index (Phi) is 3.02. The van der Waals surface area contributed by atoms with Crippen molar-refractivity contribution in [3.8, 4) is 6.07 Å². The van der Waals surface area contributed by atoms with Crippen molar-refractivity contribution in [2.75, 3.05) is 13.2 Å². The van der Waals surface area contributed by atoms with Crippen LogP contribution in [-0.4, -0.2) is 30.0 Å². The molecule has 1 rings (SSSR count). The number of halogens is 3. The standard InChI is InChI=1S/C8H11F3N2O/c9-8(10,11)6(3-12)4-13-7(5-14)1-2-7/h6,13-14H,1-2,4-5H2. The van der Waals surface area contributed by atoms with E-state index in [2.05, 4.69) is 5.32 Å². The molecule has 1 aliphatic carbocycles. The van der Waals surface area contributed by atoms with Gasteiger partial charge in [-0.2, -0.15) is 18.4 Å². The Labute approximate surface area is 79.5 Å². The summed E-state index contributed by atoms with van der Waals surface area (Å²) in [5.41, 5.74) is -0.555. The van der Waals surface area contributed by atoms with Crippen molar-refractivity contribution in [2.24, 2.45) is 5.92 Å². The molecule has 0 aliphatic heterocycles.